The maximum absolute atomic E-state index is 11.0. The molecule has 0 unspecified atom stereocenters. The lowest BCUT2D eigenvalue weighted by molar-refractivity contribution is -0.163. The fraction of sp³-hybridized carbons (Fsp3) is 0.818. The van der Waals surface area contributed by atoms with Gasteiger partial charge in [0.05, 0.1) is 0 Å². The van der Waals surface area contributed by atoms with E-state index in [1.807, 2.05) is 13.8 Å². The highest BCUT2D eigenvalue weighted by atomic mass is 16.6. The topological polar surface area (TPSA) is 52.6 Å². The summed E-state index contributed by atoms with van der Waals surface area (Å²) < 4.78 is 10.4. The Hall–Kier alpha value is -1.06. The molecule has 0 radical (unpaired) electrons. The number of hydrogen-bond donors (Lipinski definition) is 0. The van der Waals surface area contributed by atoms with E-state index in [-0.39, 0.29) is 30.1 Å². The Morgan fingerprint density at radius 1 is 1.67 bits per heavy atom. The van der Waals surface area contributed by atoms with Gasteiger partial charge >= 0.3 is 11.9 Å². The first-order chi connectivity index (χ1) is 7.04. The van der Waals surface area contributed by atoms with E-state index in [1.54, 1.807) is 0 Å². The van der Waals surface area contributed by atoms with Crippen LogP contribution in [0.25, 0.3) is 0 Å². The number of rotatable bonds is 4. The van der Waals surface area contributed by atoms with Crippen molar-refractivity contribution in [3.05, 3.63) is 0 Å². The molecule has 1 heterocycles. The monoisotopic (exact) mass is 214 g/mol. The molecule has 1 aliphatic rings. The van der Waals surface area contributed by atoms with E-state index >= 15 is 0 Å². The van der Waals surface area contributed by atoms with E-state index in [1.165, 1.54) is 6.92 Å². The first-order valence-electron chi connectivity index (χ1n) is 5.41. The summed E-state index contributed by atoms with van der Waals surface area (Å²) in [6.45, 7) is 5.41. The second-order valence-corrected chi connectivity index (χ2v) is 4.03. The zero-order chi connectivity index (χ0) is 11.4. The van der Waals surface area contributed by atoms with E-state index < -0.39 is 0 Å². The number of carbonyl (C=O) groups is 2. The van der Waals surface area contributed by atoms with Crippen LogP contribution >= 0.6 is 0 Å². The summed E-state index contributed by atoms with van der Waals surface area (Å²) >= 11 is 0. The van der Waals surface area contributed by atoms with Crippen LogP contribution in [0.2, 0.25) is 0 Å². The lowest BCUT2D eigenvalue weighted by Gasteiger charge is -2.26. The molecule has 0 spiro atoms. The lowest BCUT2D eigenvalue weighted by Crippen LogP contribution is -2.36. The summed E-state index contributed by atoms with van der Waals surface area (Å²) in [6.07, 6.45) is 1.43. The number of esters is 2. The fourth-order valence-corrected chi connectivity index (χ4v) is 1.76. The fourth-order valence-electron chi connectivity index (χ4n) is 1.76. The molecule has 4 nitrogen and oxygen atoms in total. The molecule has 1 aliphatic heterocycles. The number of carbonyl (C=O) groups excluding carboxylic acids is 2. The van der Waals surface area contributed by atoms with Gasteiger partial charge in [-0.2, -0.15) is 0 Å². The molecule has 0 amide bonds. The molecule has 0 N–H and O–H groups in total. The SMILES string of the molecule is CC[C@@H](C)[C@@H](OC(C)=O)[C@@H]1CCC(=O)O1. The van der Waals surface area contributed by atoms with Crippen LogP contribution in [-0.4, -0.2) is 24.1 Å². The molecule has 1 fully saturated rings. The largest absolute Gasteiger partial charge is 0.458 e. The number of ether oxygens (including phenoxy) is 2. The molecule has 0 aromatic heterocycles. The Bertz CT molecular complexity index is 249. The van der Waals surface area contributed by atoms with E-state index in [0.29, 0.717) is 12.8 Å². The van der Waals surface area contributed by atoms with Crippen LogP contribution in [0, 0.1) is 5.92 Å². The summed E-state index contributed by atoms with van der Waals surface area (Å²) in [7, 11) is 0. The minimum absolute atomic E-state index is 0.194. The Morgan fingerprint density at radius 3 is 2.73 bits per heavy atom. The van der Waals surface area contributed by atoms with Crippen molar-refractivity contribution in [1.82, 2.24) is 0 Å². The first-order valence-corrected chi connectivity index (χ1v) is 5.41. The minimum atomic E-state index is -0.316. The summed E-state index contributed by atoms with van der Waals surface area (Å²) in [6, 6.07) is 0. The lowest BCUT2D eigenvalue weighted by atomic mass is 9.95. The first kappa shape index (κ1) is 12.0. The molecular formula is C11H18O4. The van der Waals surface area contributed by atoms with Gasteiger partial charge < -0.3 is 9.47 Å². The van der Waals surface area contributed by atoms with Gasteiger partial charge in [-0.05, 0) is 18.8 Å². The number of cyclic esters (lactones) is 1. The molecule has 0 bridgehead atoms. The molecule has 3 atom stereocenters. The third-order valence-corrected chi connectivity index (χ3v) is 2.79. The van der Waals surface area contributed by atoms with Crippen molar-refractivity contribution in [2.45, 2.75) is 52.2 Å². The van der Waals surface area contributed by atoms with Crippen molar-refractivity contribution < 1.29 is 19.1 Å². The second kappa shape index (κ2) is 5.14. The molecule has 0 saturated carbocycles. The van der Waals surface area contributed by atoms with Crippen molar-refractivity contribution >= 4 is 11.9 Å². The highest BCUT2D eigenvalue weighted by molar-refractivity contribution is 5.71. The third kappa shape index (κ3) is 3.22. The molecule has 1 rings (SSSR count). The third-order valence-electron chi connectivity index (χ3n) is 2.79. The smallest absolute Gasteiger partial charge is 0.306 e. The Morgan fingerprint density at radius 2 is 2.33 bits per heavy atom. The van der Waals surface area contributed by atoms with Crippen LogP contribution in [0.15, 0.2) is 0 Å². The van der Waals surface area contributed by atoms with E-state index in [2.05, 4.69) is 0 Å². The van der Waals surface area contributed by atoms with Gasteiger partial charge in [-0.15, -0.1) is 0 Å². The Balaban J connectivity index is 2.62. The van der Waals surface area contributed by atoms with Gasteiger partial charge in [0.15, 0.2) is 0 Å². The maximum Gasteiger partial charge on any atom is 0.306 e. The number of hydrogen-bond acceptors (Lipinski definition) is 4. The molecule has 86 valence electrons. The van der Waals surface area contributed by atoms with Gasteiger partial charge in [-0.25, -0.2) is 0 Å². The van der Waals surface area contributed by atoms with Gasteiger partial charge in [-0.3, -0.25) is 9.59 Å². The Kier molecular flexibility index (Phi) is 4.12. The molecule has 15 heavy (non-hydrogen) atoms. The van der Waals surface area contributed by atoms with Crippen LogP contribution in [0.1, 0.15) is 40.0 Å². The van der Waals surface area contributed by atoms with Crippen LogP contribution < -0.4 is 0 Å². The molecule has 0 aliphatic carbocycles. The highest BCUT2D eigenvalue weighted by Gasteiger charge is 2.35. The quantitative estimate of drug-likeness (QED) is 0.668. The minimum Gasteiger partial charge on any atom is -0.458 e. The van der Waals surface area contributed by atoms with Gasteiger partial charge in [0.2, 0.25) is 0 Å². The highest BCUT2D eigenvalue weighted by Crippen LogP contribution is 2.25. The summed E-state index contributed by atoms with van der Waals surface area (Å²) in [4.78, 5) is 21.9. The predicted octanol–water partition coefficient (Wildman–Crippen LogP) is 1.67. The van der Waals surface area contributed by atoms with Gasteiger partial charge in [0.25, 0.3) is 0 Å². The normalized spacial score (nSPS) is 24.5. The van der Waals surface area contributed by atoms with Crippen molar-refractivity contribution in [1.29, 1.82) is 0 Å². The molecule has 1 saturated heterocycles. The second-order valence-electron chi connectivity index (χ2n) is 4.03. The van der Waals surface area contributed by atoms with Crippen molar-refractivity contribution in [3.63, 3.8) is 0 Å². The standard InChI is InChI=1S/C11H18O4/c1-4-7(2)11(14-8(3)12)9-5-6-10(13)15-9/h7,9,11H,4-6H2,1-3H3/t7-,9+,11-/m1/s1. The molecule has 0 aromatic carbocycles. The van der Waals surface area contributed by atoms with Gasteiger partial charge in [-0.1, -0.05) is 13.8 Å². The van der Waals surface area contributed by atoms with Gasteiger partial charge in [0, 0.05) is 13.3 Å². The van der Waals surface area contributed by atoms with Crippen LogP contribution in [0.3, 0.4) is 0 Å². The Labute approximate surface area is 89.9 Å². The zero-order valence-electron chi connectivity index (χ0n) is 9.49. The van der Waals surface area contributed by atoms with Crippen LogP contribution in [-0.2, 0) is 19.1 Å². The maximum atomic E-state index is 11.0. The van der Waals surface area contributed by atoms with Gasteiger partial charge in [0.1, 0.15) is 12.2 Å². The van der Waals surface area contributed by atoms with Crippen molar-refractivity contribution in [3.8, 4) is 0 Å². The molecule has 0 aromatic rings. The summed E-state index contributed by atoms with van der Waals surface area (Å²) in [5, 5.41) is 0. The van der Waals surface area contributed by atoms with E-state index in [9.17, 15) is 9.59 Å². The van der Waals surface area contributed by atoms with Crippen molar-refractivity contribution in [2.24, 2.45) is 5.92 Å². The van der Waals surface area contributed by atoms with Crippen LogP contribution in [0.5, 0.6) is 0 Å². The van der Waals surface area contributed by atoms with E-state index in [0.717, 1.165) is 6.42 Å². The molecule has 4 heteroatoms. The summed E-state index contributed by atoms with van der Waals surface area (Å²) in [5.41, 5.74) is 0. The van der Waals surface area contributed by atoms with E-state index in [4.69, 9.17) is 9.47 Å². The summed E-state index contributed by atoms with van der Waals surface area (Å²) in [5.74, 6) is -0.298. The average Bonchev–Trinajstić information content (AvgIpc) is 2.59. The molecular weight excluding hydrogens is 196 g/mol. The zero-order valence-corrected chi connectivity index (χ0v) is 9.49. The van der Waals surface area contributed by atoms with Crippen molar-refractivity contribution in [2.75, 3.05) is 0 Å². The predicted molar refractivity (Wildman–Crippen MR) is 54.1 cm³/mol. The average molecular weight is 214 g/mol. The van der Waals surface area contributed by atoms with Crippen LogP contribution in [0.4, 0.5) is 0 Å².